The SMILES string of the molecule is CCNCc1cccc(OC)c1OCc1ccc(C)cc1.Cl. The van der Waals surface area contributed by atoms with E-state index in [1.165, 1.54) is 5.56 Å². The van der Waals surface area contributed by atoms with Gasteiger partial charge in [0.05, 0.1) is 7.11 Å². The normalized spacial score (nSPS) is 9.95. The van der Waals surface area contributed by atoms with E-state index in [4.69, 9.17) is 9.47 Å². The van der Waals surface area contributed by atoms with Crippen LogP contribution in [-0.2, 0) is 13.2 Å². The number of hydrogen-bond acceptors (Lipinski definition) is 3. The van der Waals surface area contributed by atoms with Gasteiger partial charge < -0.3 is 14.8 Å². The molecule has 2 aromatic rings. The lowest BCUT2D eigenvalue weighted by molar-refractivity contribution is 0.280. The Bertz CT molecular complexity index is 570. The minimum absolute atomic E-state index is 0. The third-order valence-corrected chi connectivity index (χ3v) is 3.35. The van der Waals surface area contributed by atoms with Crippen LogP contribution in [0.15, 0.2) is 42.5 Å². The third kappa shape index (κ3) is 4.93. The minimum atomic E-state index is 0. The number of aryl methyl sites for hydroxylation is 1. The van der Waals surface area contributed by atoms with Crippen LogP contribution in [0, 0.1) is 6.92 Å². The Kier molecular flexibility index (Phi) is 7.78. The van der Waals surface area contributed by atoms with Crippen LogP contribution in [-0.4, -0.2) is 13.7 Å². The van der Waals surface area contributed by atoms with Crippen molar-refractivity contribution in [3.05, 3.63) is 59.2 Å². The van der Waals surface area contributed by atoms with E-state index < -0.39 is 0 Å². The van der Waals surface area contributed by atoms with Crippen molar-refractivity contribution in [1.29, 1.82) is 0 Å². The summed E-state index contributed by atoms with van der Waals surface area (Å²) in [6, 6.07) is 14.4. The highest BCUT2D eigenvalue weighted by atomic mass is 35.5. The number of methoxy groups -OCH3 is 1. The highest BCUT2D eigenvalue weighted by Crippen LogP contribution is 2.31. The molecule has 0 saturated heterocycles. The fraction of sp³-hybridized carbons (Fsp3) is 0.333. The molecule has 2 aromatic carbocycles. The van der Waals surface area contributed by atoms with Crippen LogP contribution in [0.25, 0.3) is 0 Å². The number of nitrogens with one attached hydrogen (secondary N) is 1. The molecule has 0 aromatic heterocycles. The van der Waals surface area contributed by atoms with Crippen LogP contribution in [0.4, 0.5) is 0 Å². The second kappa shape index (κ2) is 9.34. The molecule has 0 radical (unpaired) electrons. The van der Waals surface area contributed by atoms with Gasteiger partial charge >= 0.3 is 0 Å². The average molecular weight is 322 g/mol. The molecule has 0 unspecified atom stereocenters. The minimum Gasteiger partial charge on any atom is -0.493 e. The zero-order chi connectivity index (χ0) is 15.1. The predicted octanol–water partition coefficient (Wildman–Crippen LogP) is 4.11. The van der Waals surface area contributed by atoms with Crippen LogP contribution in [0.2, 0.25) is 0 Å². The van der Waals surface area contributed by atoms with Gasteiger partial charge in [0.1, 0.15) is 6.61 Å². The van der Waals surface area contributed by atoms with Crippen LogP contribution < -0.4 is 14.8 Å². The van der Waals surface area contributed by atoms with Gasteiger partial charge in [-0.3, -0.25) is 0 Å². The first-order valence-corrected chi connectivity index (χ1v) is 7.29. The lowest BCUT2D eigenvalue weighted by atomic mass is 10.1. The van der Waals surface area contributed by atoms with E-state index >= 15 is 0 Å². The molecule has 0 saturated carbocycles. The van der Waals surface area contributed by atoms with E-state index in [1.54, 1.807) is 7.11 Å². The van der Waals surface area contributed by atoms with Gasteiger partial charge in [0.15, 0.2) is 11.5 Å². The summed E-state index contributed by atoms with van der Waals surface area (Å²) in [5.41, 5.74) is 3.52. The first-order valence-electron chi connectivity index (χ1n) is 7.29. The Morgan fingerprint density at radius 2 is 1.77 bits per heavy atom. The van der Waals surface area contributed by atoms with E-state index in [9.17, 15) is 0 Å². The molecule has 0 amide bonds. The highest BCUT2D eigenvalue weighted by Gasteiger charge is 2.10. The molecule has 3 nitrogen and oxygen atoms in total. The number of hydrogen-bond donors (Lipinski definition) is 1. The van der Waals surface area contributed by atoms with Crippen LogP contribution in [0.3, 0.4) is 0 Å². The summed E-state index contributed by atoms with van der Waals surface area (Å²) in [6.45, 7) is 6.41. The molecule has 0 spiro atoms. The average Bonchev–Trinajstić information content (AvgIpc) is 2.52. The van der Waals surface area contributed by atoms with Crippen LogP contribution >= 0.6 is 12.4 Å². The van der Waals surface area contributed by atoms with Gasteiger partial charge in [-0.25, -0.2) is 0 Å². The second-order valence-electron chi connectivity index (χ2n) is 5.00. The maximum absolute atomic E-state index is 6.02. The zero-order valence-corrected chi connectivity index (χ0v) is 14.2. The van der Waals surface area contributed by atoms with Gasteiger partial charge in [-0.15, -0.1) is 12.4 Å². The Balaban J connectivity index is 0.00000242. The van der Waals surface area contributed by atoms with Gasteiger partial charge in [0.25, 0.3) is 0 Å². The summed E-state index contributed by atoms with van der Waals surface area (Å²) in [4.78, 5) is 0. The monoisotopic (exact) mass is 321 g/mol. The summed E-state index contributed by atoms with van der Waals surface area (Å²) in [7, 11) is 1.67. The lowest BCUT2D eigenvalue weighted by Crippen LogP contribution is -2.13. The fourth-order valence-electron chi connectivity index (χ4n) is 2.12. The van der Waals surface area contributed by atoms with Crippen LogP contribution in [0.5, 0.6) is 11.5 Å². The molecular formula is C18H24ClNO2. The number of halogens is 1. The third-order valence-electron chi connectivity index (χ3n) is 3.35. The molecule has 22 heavy (non-hydrogen) atoms. The largest absolute Gasteiger partial charge is 0.493 e. The Hall–Kier alpha value is -1.71. The summed E-state index contributed by atoms with van der Waals surface area (Å²) < 4.78 is 11.4. The quantitative estimate of drug-likeness (QED) is 0.832. The summed E-state index contributed by atoms with van der Waals surface area (Å²) >= 11 is 0. The lowest BCUT2D eigenvalue weighted by Gasteiger charge is -2.15. The van der Waals surface area contributed by atoms with E-state index in [-0.39, 0.29) is 12.4 Å². The second-order valence-corrected chi connectivity index (χ2v) is 5.00. The highest BCUT2D eigenvalue weighted by molar-refractivity contribution is 5.85. The zero-order valence-electron chi connectivity index (χ0n) is 13.4. The van der Waals surface area contributed by atoms with Crippen molar-refractivity contribution >= 4 is 12.4 Å². The molecule has 0 heterocycles. The molecule has 0 aliphatic carbocycles. The van der Waals surface area contributed by atoms with Crippen molar-refractivity contribution in [1.82, 2.24) is 5.32 Å². The molecule has 120 valence electrons. The van der Waals surface area contributed by atoms with Crippen molar-refractivity contribution in [2.75, 3.05) is 13.7 Å². The van der Waals surface area contributed by atoms with Crippen LogP contribution in [0.1, 0.15) is 23.6 Å². The molecule has 0 atom stereocenters. The van der Waals surface area contributed by atoms with Crippen molar-refractivity contribution < 1.29 is 9.47 Å². The van der Waals surface area contributed by atoms with Gasteiger partial charge in [0, 0.05) is 12.1 Å². The fourth-order valence-corrected chi connectivity index (χ4v) is 2.12. The Labute approximate surface area is 139 Å². The Morgan fingerprint density at radius 1 is 1.05 bits per heavy atom. The topological polar surface area (TPSA) is 30.5 Å². The summed E-state index contributed by atoms with van der Waals surface area (Å²) in [5, 5.41) is 3.33. The number of rotatable bonds is 7. The maximum atomic E-state index is 6.02. The van der Waals surface area contributed by atoms with E-state index in [0.29, 0.717) is 6.61 Å². The maximum Gasteiger partial charge on any atom is 0.166 e. The molecule has 1 N–H and O–H groups in total. The summed E-state index contributed by atoms with van der Waals surface area (Å²) in [6.07, 6.45) is 0. The van der Waals surface area contributed by atoms with Crippen molar-refractivity contribution in [3.8, 4) is 11.5 Å². The van der Waals surface area contributed by atoms with Gasteiger partial charge in [0.2, 0.25) is 0 Å². The summed E-state index contributed by atoms with van der Waals surface area (Å²) in [5.74, 6) is 1.60. The first-order chi connectivity index (χ1) is 10.2. The molecule has 2 rings (SSSR count). The van der Waals surface area contributed by atoms with Crippen molar-refractivity contribution in [3.63, 3.8) is 0 Å². The molecule has 0 aliphatic heterocycles. The number of para-hydroxylation sites is 1. The van der Waals surface area contributed by atoms with Gasteiger partial charge in [-0.2, -0.15) is 0 Å². The predicted molar refractivity (Wildman–Crippen MR) is 93.1 cm³/mol. The van der Waals surface area contributed by atoms with E-state index in [2.05, 4.69) is 49.5 Å². The van der Waals surface area contributed by atoms with E-state index in [0.717, 1.165) is 35.7 Å². The smallest absolute Gasteiger partial charge is 0.166 e. The first kappa shape index (κ1) is 18.3. The van der Waals surface area contributed by atoms with Crippen molar-refractivity contribution in [2.45, 2.75) is 27.0 Å². The standard InChI is InChI=1S/C18H23NO2.ClH/c1-4-19-12-16-6-5-7-17(20-3)18(16)21-13-15-10-8-14(2)9-11-15;/h5-11,19H,4,12-13H2,1-3H3;1H. The van der Waals surface area contributed by atoms with Gasteiger partial charge in [-0.05, 0) is 25.1 Å². The molecule has 4 heteroatoms. The number of benzene rings is 2. The number of ether oxygens (including phenoxy) is 2. The van der Waals surface area contributed by atoms with Crippen molar-refractivity contribution in [2.24, 2.45) is 0 Å². The molecular weight excluding hydrogens is 298 g/mol. The Morgan fingerprint density at radius 3 is 2.41 bits per heavy atom. The van der Waals surface area contributed by atoms with E-state index in [1.807, 2.05) is 12.1 Å². The van der Waals surface area contributed by atoms with Gasteiger partial charge in [-0.1, -0.05) is 48.9 Å². The molecule has 0 bridgehead atoms. The molecule has 0 fully saturated rings. The molecule has 0 aliphatic rings.